The molecular formula is C27H32FN7. The van der Waals surface area contributed by atoms with Crippen molar-refractivity contribution in [3.8, 4) is 11.3 Å². The van der Waals surface area contributed by atoms with Gasteiger partial charge in [0.05, 0.1) is 11.4 Å². The van der Waals surface area contributed by atoms with Gasteiger partial charge >= 0.3 is 0 Å². The second-order valence-corrected chi connectivity index (χ2v) is 10.1. The molecular weight excluding hydrogens is 441 g/mol. The number of hydrogen-bond donors (Lipinski definition) is 2. The Kier molecular flexibility index (Phi) is 5.98. The highest BCUT2D eigenvalue weighted by molar-refractivity contribution is 5.64. The van der Waals surface area contributed by atoms with Crippen molar-refractivity contribution in [1.29, 1.82) is 0 Å². The first-order valence-corrected chi connectivity index (χ1v) is 12.7. The minimum Gasteiger partial charge on any atom is -0.367 e. The number of nitrogens with zero attached hydrogens (tertiary/aromatic N) is 5. The van der Waals surface area contributed by atoms with E-state index < -0.39 is 0 Å². The predicted molar refractivity (Wildman–Crippen MR) is 138 cm³/mol. The maximum Gasteiger partial charge on any atom is 0.227 e. The summed E-state index contributed by atoms with van der Waals surface area (Å²) in [5, 5.41) is 6.70. The normalized spacial score (nSPS) is 22.5. The summed E-state index contributed by atoms with van der Waals surface area (Å²) in [7, 11) is 2.15. The van der Waals surface area contributed by atoms with Crippen LogP contribution >= 0.6 is 0 Å². The molecule has 7 nitrogen and oxygen atoms in total. The number of hydrogen-bond acceptors (Lipinski definition) is 7. The summed E-state index contributed by atoms with van der Waals surface area (Å²) >= 11 is 0. The first-order chi connectivity index (χ1) is 17.1. The fraction of sp³-hybridized carbons (Fsp3) is 0.444. The Morgan fingerprint density at radius 1 is 0.971 bits per heavy atom. The van der Waals surface area contributed by atoms with Gasteiger partial charge < -0.3 is 15.5 Å². The zero-order chi connectivity index (χ0) is 23.8. The minimum atomic E-state index is -0.216. The Hall–Kier alpha value is -3.26. The van der Waals surface area contributed by atoms with Crippen LogP contribution in [0.3, 0.4) is 0 Å². The van der Waals surface area contributed by atoms with E-state index in [1.54, 1.807) is 6.20 Å². The van der Waals surface area contributed by atoms with Crippen LogP contribution in [-0.2, 0) is 0 Å². The van der Waals surface area contributed by atoms with E-state index in [9.17, 15) is 0 Å². The molecule has 182 valence electrons. The van der Waals surface area contributed by atoms with Gasteiger partial charge in [0.25, 0.3) is 0 Å². The van der Waals surface area contributed by atoms with Gasteiger partial charge in [0.1, 0.15) is 11.6 Å². The third-order valence-electron chi connectivity index (χ3n) is 7.70. The van der Waals surface area contributed by atoms with Crippen LogP contribution in [0.25, 0.3) is 11.3 Å². The zero-order valence-electron chi connectivity index (χ0n) is 20.1. The number of halogens is 1. The molecule has 2 aromatic heterocycles. The second kappa shape index (κ2) is 9.41. The van der Waals surface area contributed by atoms with Crippen molar-refractivity contribution in [3.05, 3.63) is 54.6 Å². The number of benzene rings is 1. The smallest absolute Gasteiger partial charge is 0.227 e. The van der Waals surface area contributed by atoms with E-state index in [2.05, 4.69) is 42.4 Å². The highest BCUT2D eigenvalue weighted by Crippen LogP contribution is 2.36. The second-order valence-electron chi connectivity index (χ2n) is 10.1. The average molecular weight is 474 g/mol. The van der Waals surface area contributed by atoms with Gasteiger partial charge in [0.15, 0.2) is 0 Å². The third-order valence-corrected chi connectivity index (χ3v) is 7.70. The summed E-state index contributed by atoms with van der Waals surface area (Å²) in [6.45, 7) is 1.89. The molecule has 2 unspecified atom stereocenters. The topological polar surface area (TPSA) is 69.2 Å². The number of pyridine rings is 1. The van der Waals surface area contributed by atoms with Crippen molar-refractivity contribution in [3.63, 3.8) is 0 Å². The van der Waals surface area contributed by atoms with E-state index in [4.69, 9.17) is 0 Å². The van der Waals surface area contributed by atoms with Gasteiger partial charge in [0, 0.05) is 54.9 Å². The summed E-state index contributed by atoms with van der Waals surface area (Å²) in [4.78, 5) is 18.1. The number of nitrogens with one attached hydrogen (secondary N) is 2. The molecule has 2 atom stereocenters. The molecule has 3 aliphatic rings. The molecule has 6 rings (SSSR count). The van der Waals surface area contributed by atoms with Crippen LogP contribution in [0.4, 0.5) is 27.5 Å². The highest BCUT2D eigenvalue weighted by Gasteiger charge is 2.42. The van der Waals surface area contributed by atoms with Crippen LogP contribution < -0.4 is 15.5 Å². The Morgan fingerprint density at radius 3 is 2.57 bits per heavy atom. The molecule has 1 aliphatic carbocycles. The molecule has 0 spiro atoms. The molecule has 2 aliphatic heterocycles. The SMILES string of the molecule is CN1CC2CC1CN2c1ccc(Nc2nccc(-c3ccc(NC4CCCCC4)nc3)n2)cc1F. The van der Waals surface area contributed by atoms with Crippen LogP contribution in [0.2, 0.25) is 0 Å². The van der Waals surface area contributed by atoms with Crippen molar-refractivity contribution in [2.75, 3.05) is 35.7 Å². The molecule has 2 bridgehead atoms. The van der Waals surface area contributed by atoms with Crippen molar-refractivity contribution < 1.29 is 4.39 Å². The van der Waals surface area contributed by atoms with Crippen LogP contribution in [0.5, 0.6) is 0 Å². The maximum atomic E-state index is 15.0. The van der Waals surface area contributed by atoms with Gasteiger partial charge in [0.2, 0.25) is 5.95 Å². The zero-order valence-corrected chi connectivity index (χ0v) is 20.1. The summed E-state index contributed by atoms with van der Waals surface area (Å²) in [5.74, 6) is 1.12. The summed E-state index contributed by atoms with van der Waals surface area (Å²) in [5.41, 5.74) is 3.00. The summed E-state index contributed by atoms with van der Waals surface area (Å²) in [6, 6.07) is 12.6. The number of likely N-dealkylation sites (tertiary alicyclic amines) is 1. The molecule has 35 heavy (non-hydrogen) atoms. The van der Waals surface area contributed by atoms with Gasteiger partial charge in [-0.1, -0.05) is 19.3 Å². The summed E-state index contributed by atoms with van der Waals surface area (Å²) in [6.07, 6.45) is 11.0. The van der Waals surface area contributed by atoms with E-state index in [1.807, 2.05) is 36.5 Å². The number of likely N-dealkylation sites (N-methyl/N-ethyl adjacent to an activating group) is 1. The predicted octanol–water partition coefficient (Wildman–Crippen LogP) is 5.06. The molecule has 0 radical (unpaired) electrons. The molecule has 1 saturated carbocycles. The number of rotatable bonds is 6. The van der Waals surface area contributed by atoms with Gasteiger partial charge in [-0.3, -0.25) is 4.90 Å². The highest BCUT2D eigenvalue weighted by atomic mass is 19.1. The van der Waals surface area contributed by atoms with Gasteiger partial charge in [-0.25, -0.2) is 19.3 Å². The van der Waals surface area contributed by atoms with Gasteiger partial charge in [-0.15, -0.1) is 0 Å². The standard InChI is InChI=1S/C27H32FN7/c1-34-16-22-14-21(34)17-35(22)25-9-8-20(13-23(25)28)32-27-29-12-11-24(33-27)18-7-10-26(30-15-18)31-19-5-3-2-4-6-19/h7-13,15,19,21-22H,2-6,14,16-17H2,1H3,(H,30,31)(H,29,32,33). The lowest BCUT2D eigenvalue weighted by atomic mass is 9.95. The van der Waals surface area contributed by atoms with Gasteiger partial charge in [-0.2, -0.15) is 0 Å². The Balaban J connectivity index is 1.13. The molecule has 1 aromatic carbocycles. The third kappa shape index (κ3) is 4.67. The van der Waals surface area contributed by atoms with Crippen LogP contribution in [-0.4, -0.2) is 58.1 Å². The summed E-state index contributed by atoms with van der Waals surface area (Å²) < 4.78 is 15.0. The lowest BCUT2D eigenvalue weighted by Gasteiger charge is -2.33. The van der Waals surface area contributed by atoms with E-state index >= 15 is 4.39 Å². The molecule has 3 fully saturated rings. The van der Waals surface area contributed by atoms with E-state index in [0.717, 1.165) is 36.6 Å². The van der Waals surface area contributed by atoms with E-state index in [-0.39, 0.29) is 5.82 Å². The van der Waals surface area contributed by atoms with Crippen LogP contribution in [0.15, 0.2) is 48.8 Å². The number of anilines is 4. The van der Waals surface area contributed by atoms with E-state index in [0.29, 0.717) is 35.4 Å². The first-order valence-electron chi connectivity index (χ1n) is 12.7. The molecule has 2 N–H and O–H groups in total. The number of aromatic nitrogens is 3. The van der Waals surface area contributed by atoms with Crippen molar-refractivity contribution in [2.24, 2.45) is 0 Å². The quantitative estimate of drug-likeness (QED) is 0.519. The lowest BCUT2D eigenvalue weighted by Crippen LogP contribution is -2.44. The maximum absolute atomic E-state index is 15.0. The van der Waals surface area contributed by atoms with Crippen LogP contribution in [0, 0.1) is 5.82 Å². The molecule has 3 aromatic rings. The largest absolute Gasteiger partial charge is 0.367 e. The monoisotopic (exact) mass is 473 g/mol. The Labute approximate surface area is 205 Å². The average Bonchev–Trinajstić information content (AvgIpc) is 3.45. The number of fused-ring (bicyclic) bond motifs is 2. The fourth-order valence-corrected chi connectivity index (χ4v) is 5.77. The molecule has 0 amide bonds. The first kappa shape index (κ1) is 22.2. The molecule has 2 saturated heterocycles. The fourth-order valence-electron chi connectivity index (χ4n) is 5.77. The Bertz CT molecular complexity index is 1180. The van der Waals surface area contributed by atoms with E-state index in [1.165, 1.54) is 38.2 Å². The molecule has 8 heteroatoms. The Morgan fingerprint density at radius 2 is 1.86 bits per heavy atom. The lowest BCUT2D eigenvalue weighted by molar-refractivity contribution is 0.292. The van der Waals surface area contributed by atoms with Crippen molar-refractivity contribution in [2.45, 2.75) is 56.7 Å². The molecule has 4 heterocycles. The van der Waals surface area contributed by atoms with Gasteiger partial charge in [-0.05, 0) is 62.7 Å². The van der Waals surface area contributed by atoms with Crippen LogP contribution in [0.1, 0.15) is 38.5 Å². The minimum absolute atomic E-state index is 0.216. The van der Waals surface area contributed by atoms with Crippen molar-refractivity contribution >= 4 is 23.1 Å². The van der Waals surface area contributed by atoms with Crippen molar-refractivity contribution in [1.82, 2.24) is 19.9 Å². The number of piperazine rings is 1.